The van der Waals surface area contributed by atoms with Gasteiger partial charge < -0.3 is 0 Å². The Balaban J connectivity index is 3.15. The maximum atomic E-state index is 11.0. The van der Waals surface area contributed by atoms with Crippen molar-refractivity contribution in [1.29, 1.82) is 0 Å². The lowest BCUT2D eigenvalue weighted by Gasteiger charge is -1.99. The van der Waals surface area contributed by atoms with Crippen LogP contribution in [0, 0.1) is 11.8 Å². The van der Waals surface area contributed by atoms with Gasteiger partial charge in [0.15, 0.2) is 0 Å². The van der Waals surface area contributed by atoms with E-state index >= 15 is 0 Å². The molecule has 0 spiro atoms. The number of hydrogen-bond acceptors (Lipinski definition) is 2. The maximum Gasteiger partial charge on any atom is 0.295 e. The molecule has 0 saturated carbocycles. The quantitative estimate of drug-likeness (QED) is 0.515. The van der Waals surface area contributed by atoms with Crippen LogP contribution in [0.3, 0.4) is 0 Å². The van der Waals surface area contributed by atoms with Gasteiger partial charge in [-0.15, -0.1) is 0 Å². The lowest BCUT2D eigenvalue weighted by Crippen LogP contribution is -2.00. The molecule has 5 heteroatoms. The zero-order valence-electron chi connectivity index (χ0n) is 7.77. The van der Waals surface area contributed by atoms with Crippen molar-refractivity contribution >= 4 is 26.0 Å². The second-order valence-corrected chi connectivity index (χ2v) is 4.89. The predicted molar refractivity (Wildman–Crippen MR) is 61.5 cm³/mol. The van der Waals surface area contributed by atoms with E-state index in [1.54, 1.807) is 18.2 Å². The minimum atomic E-state index is -4.18. The summed E-state index contributed by atoms with van der Waals surface area (Å²) in [7, 11) is -4.18. The number of benzene rings is 1. The van der Waals surface area contributed by atoms with Crippen LogP contribution in [0.5, 0.6) is 0 Å². The fraction of sp³-hybridized carbons (Fsp3) is 0.200. The Morgan fingerprint density at radius 2 is 2.00 bits per heavy atom. The molecule has 1 aromatic rings. The van der Waals surface area contributed by atoms with Gasteiger partial charge in [0.05, 0.1) is 0 Å². The summed E-state index contributed by atoms with van der Waals surface area (Å²) >= 11 is 3.21. The maximum absolute atomic E-state index is 11.0. The molecule has 0 unspecified atom stereocenters. The third-order valence-corrected chi connectivity index (χ3v) is 2.92. The van der Waals surface area contributed by atoms with E-state index in [2.05, 4.69) is 27.8 Å². The van der Waals surface area contributed by atoms with Crippen LogP contribution >= 0.6 is 15.9 Å². The van der Waals surface area contributed by atoms with Crippen molar-refractivity contribution in [3.8, 4) is 11.8 Å². The fourth-order valence-corrected chi connectivity index (χ4v) is 1.85. The van der Waals surface area contributed by atoms with Gasteiger partial charge in [-0.25, -0.2) is 0 Å². The molecule has 1 aromatic carbocycles. The molecule has 0 fully saturated rings. The van der Waals surface area contributed by atoms with Crippen LogP contribution in [-0.2, 0) is 10.1 Å². The monoisotopic (exact) mass is 288 g/mol. The van der Waals surface area contributed by atoms with Crippen molar-refractivity contribution in [3.05, 3.63) is 29.8 Å². The van der Waals surface area contributed by atoms with E-state index in [9.17, 15) is 8.42 Å². The molecule has 1 rings (SSSR count). The minimum absolute atomic E-state index is 0.146. The molecule has 1 N–H and O–H groups in total. The summed E-state index contributed by atoms with van der Waals surface area (Å²) in [6, 6.07) is 6.10. The van der Waals surface area contributed by atoms with Gasteiger partial charge in [0, 0.05) is 17.3 Å². The molecule has 0 aliphatic rings. The summed E-state index contributed by atoms with van der Waals surface area (Å²) in [5, 5.41) is 0.730. The molecule has 80 valence electrons. The van der Waals surface area contributed by atoms with Gasteiger partial charge in [0.2, 0.25) is 0 Å². The Bertz CT molecular complexity index is 497. The van der Waals surface area contributed by atoms with Gasteiger partial charge in [-0.2, -0.15) is 8.42 Å². The molecule has 0 aliphatic heterocycles. The van der Waals surface area contributed by atoms with Gasteiger partial charge in [0.25, 0.3) is 10.1 Å². The summed E-state index contributed by atoms with van der Waals surface area (Å²) < 4.78 is 30.9. The molecule has 0 atom stereocenters. The van der Waals surface area contributed by atoms with E-state index in [1.807, 2.05) is 0 Å². The minimum Gasteiger partial charge on any atom is -0.282 e. The summed E-state index contributed by atoms with van der Waals surface area (Å²) in [4.78, 5) is -0.146. The molecule has 15 heavy (non-hydrogen) atoms. The smallest absolute Gasteiger partial charge is 0.282 e. The topological polar surface area (TPSA) is 54.4 Å². The summed E-state index contributed by atoms with van der Waals surface area (Å²) in [5.41, 5.74) is 0.320. The average Bonchev–Trinajstić information content (AvgIpc) is 2.17. The summed E-state index contributed by atoms with van der Waals surface area (Å²) in [5.74, 6) is 5.49. The first-order valence-corrected chi connectivity index (χ1v) is 6.73. The Hall–Kier alpha value is -0.830. The van der Waals surface area contributed by atoms with Crippen LogP contribution in [0.15, 0.2) is 29.2 Å². The van der Waals surface area contributed by atoms with Gasteiger partial charge >= 0.3 is 0 Å². The van der Waals surface area contributed by atoms with Crippen molar-refractivity contribution in [2.45, 2.75) is 11.3 Å². The van der Waals surface area contributed by atoms with Crippen molar-refractivity contribution < 1.29 is 13.0 Å². The molecule has 0 bridgehead atoms. The molecule has 3 nitrogen and oxygen atoms in total. The highest BCUT2D eigenvalue weighted by atomic mass is 79.9. The van der Waals surface area contributed by atoms with Crippen molar-refractivity contribution in [3.63, 3.8) is 0 Å². The van der Waals surface area contributed by atoms with Crippen LogP contribution < -0.4 is 0 Å². The summed E-state index contributed by atoms with van der Waals surface area (Å²) in [6.07, 6.45) is 0.625. The second-order valence-electron chi connectivity index (χ2n) is 2.71. The highest BCUT2D eigenvalue weighted by Crippen LogP contribution is 2.13. The van der Waals surface area contributed by atoms with Gasteiger partial charge in [-0.1, -0.05) is 39.9 Å². The van der Waals surface area contributed by atoms with Gasteiger partial charge in [0.1, 0.15) is 4.90 Å². The molecule has 0 heterocycles. The van der Waals surface area contributed by atoms with Gasteiger partial charge in [-0.05, 0) is 12.1 Å². The Morgan fingerprint density at radius 3 is 2.60 bits per heavy atom. The fourth-order valence-electron chi connectivity index (χ4n) is 1.000. The molecular weight excluding hydrogens is 280 g/mol. The standard InChI is InChI=1S/C10H9BrO3S/c11-8-4-3-6-9-5-1-2-7-10(9)15(12,13)14/h1-2,5,7H,4,8H2,(H,12,13,14). The normalized spacial score (nSPS) is 10.5. The summed E-state index contributed by atoms with van der Waals surface area (Å²) in [6.45, 7) is 0. The largest absolute Gasteiger partial charge is 0.295 e. The van der Waals surface area contributed by atoms with E-state index in [0.29, 0.717) is 12.0 Å². The SMILES string of the molecule is O=S(=O)(O)c1ccccc1C#CCCBr. The van der Waals surface area contributed by atoms with Crippen molar-refractivity contribution in [2.75, 3.05) is 5.33 Å². The molecular formula is C10H9BrO3S. The lowest BCUT2D eigenvalue weighted by molar-refractivity contribution is 0.483. The Kier molecular flexibility index (Phi) is 4.33. The predicted octanol–water partition coefficient (Wildman–Crippen LogP) is 2.07. The van der Waals surface area contributed by atoms with E-state index in [4.69, 9.17) is 4.55 Å². The Labute approximate surface area is 97.4 Å². The lowest BCUT2D eigenvalue weighted by atomic mass is 10.2. The third kappa shape index (κ3) is 3.67. The van der Waals surface area contributed by atoms with Crippen LogP contribution in [0.4, 0.5) is 0 Å². The van der Waals surface area contributed by atoms with E-state index in [-0.39, 0.29) is 4.90 Å². The van der Waals surface area contributed by atoms with Crippen LogP contribution in [-0.4, -0.2) is 18.3 Å². The number of hydrogen-bond donors (Lipinski definition) is 1. The van der Waals surface area contributed by atoms with E-state index < -0.39 is 10.1 Å². The van der Waals surface area contributed by atoms with E-state index in [1.165, 1.54) is 6.07 Å². The molecule has 0 aliphatic carbocycles. The van der Waals surface area contributed by atoms with Crippen LogP contribution in [0.25, 0.3) is 0 Å². The zero-order chi connectivity index (χ0) is 11.3. The van der Waals surface area contributed by atoms with Crippen LogP contribution in [0.1, 0.15) is 12.0 Å². The zero-order valence-corrected chi connectivity index (χ0v) is 10.2. The molecule has 0 radical (unpaired) electrons. The Morgan fingerprint density at radius 1 is 1.33 bits per heavy atom. The average molecular weight is 289 g/mol. The number of rotatable bonds is 2. The first kappa shape index (κ1) is 12.2. The van der Waals surface area contributed by atoms with Gasteiger partial charge in [-0.3, -0.25) is 4.55 Å². The number of alkyl halides is 1. The highest BCUT2D eigenvalue weighted by molar-refractivity contribution is 9.09. The van der Waals surface area contributed by atoms with Crippen LogP contribution in [0.2, 0.25) is 0 Å². The first-order valence-electron chi connectivity index (χ1n) is 4.17. The third-order valence-electron chi connectivity index (χ3n) is 1.61. The second kappa shape index (κ2) is 5.31. The van der Waals surface area contributed by atoms with Crippen molar-refractivity contribution in [2.24, 2.45) is 0 Å². The highest BCUT2D eigenvalue weighted by Gasteiger charge is 2.12. The van der Waals surface area contributed by atoms with E-state index in [0.717, 1.165) is 5.33 Å². The van der Waals surface area contributed by atoms with Crippen molar-refractivity contribution in [1.82, 2.24) is 0 Å². The molecule has 0 amide bonds. The first-order chi connectivity index (χ1) is 7.05. The molecule has 0 saturated heterocycles. The number of halogens is 1. The molecule has 0 aromatic heterocycles.